The van der Waals surface area contributed by atoms with Gasteiger partial charge in [-0.15, -0.1) is 0 Å². The van der Waals surface area contributed by atoms with Crippen LogP contribution in [0.5, 0.6) is 0 Å². The highest BCUT2D eigenvalue weighted by Gasteiger charge is 2.17. The molecule has 1 aromatic heterocycles. The van der Waals surface area contributed by atoms with Crippen LogP contribution in [0.25, 0.3) is 0 Å². The number of amides is 1. The average molecular weight is 354 g/mol. The van der Waals surface area contributed by atoms with E-state index in [2.05, 4.69) is 21.2 Å². The number of halogens is 1. The molecule has 0 bridgehead atoms. The van der Waals surface area contributed by atoms with E-state index in [4.69, 9.17) is 14.3 Å². The normalized spacial score (nSPS) is 10.1. The summed E-state index contributed by atoms with van der Waals surface area (Å²) in [4.78, 5) is 22.5. The predicted octanol–water partition coefficient (Wildman–Crippen LogP) is 3.17. The van der Waals surface area contributed by atoms with Crippen LogP contribution in [0.2, 0.25) is 0 Å². The van der Waals surface area contributed by atoms with E-state index in [1.807, 2.05) is 30.3 Å². The third kappa shape index (κ3) is 4.35. The summed E-state index contributed by atoms with van der Waals surface area (Å²) in [6.45, 7) is 0.0706. The topological polar surface area (TPSA) is 88.8 Å². The Morgan fingerprint density at radius 3 is 2.67 bits per heavy atom. The lowest BCUT2D eigenvalue weighted by Crippen LogP contribution is -2.24. The summed E-state index contributed by atoms with van der Waals surface area (Å²) >= 11 is 3.05. The molecular weight excluding hydrogens is 342 g/mol. The Bertz CT molecular complexity index is 638. The van der Waals surface area contributed by atoms with Crippen molar-refractivity contribution in [2.45, 2.75) is 13.2 Å². The number of alkyl carbamates (subject to hydrolysis) is 1. The van der Waals surface area contributed by atoms with Gasteiger partial charge in [0.15, 0.2) is 4.67 Å². The number of nitrogens with one attached hydrogen (secondary N) is 1. The Kier molecular flexibility index (Phi) is 4.99. The quantitative estimate of drug-likeness (QED) is 0.861. The fourth-order valence-corrected chi connectivity index (χ4v) is 2.06. The lowest BCUT2D eigenvalue weighted by molar-refractivity contribution is 0.0693. The maximum Gasteiger partial charge on any atom is 0.407 e. The third-order valence-corrected chi connectivity index (χ3v) is 3.01. The summed E-state index contributed by atoms with van der Waals surface area (Å²) in [6, 6.07) is 10.5. The number of aromatic carboxylic acids is 1. The van der Waals surface area contributed by atoms with E-state index in [9.17, 15) is 9.59 Å². The van der Waals surface area contributed by atoms with Gasteiger partial charge in [-0.2, -0.15) is 0 Å². The molecule has 1 aromatic carbocycles. The summed E-state index contributed by atoms with van der Waals surface area (Å²) in [7, 11) is 0. The lowest BCUT2D eigenvalue weighted by Gasteiger charge is -2.06. The average Bonchev–Trinajstić information content (AvgIpc) is 2.85. The first-order chi connectivity index (χ1) is 10.1. The lowest BCUT2D eigenvalue weighted by atomic mass is 10.2. The summed E-state index contributed by atoms with van der Waals surface area (Å²) in [5.41, 5.74) is 0.852. The van der Waals surface area contributed by atoms with Crippen LogP contribution in [-0.4, -0.2) is 17.2 Å². The van der Waals surface area contributed by atoms with Crippen LogP contribution >= 0.6 is 15.9 Å². The van der Waals surface area contributed by atoms with Crippen molar-refractivity contribution in [2.75, 3.05) is 0 Å². The first-order valence-corrected chi connectivity index (χ1v) is 6.81. The van der Waals surface area contributed by atoms with Crippen molar-refractivity contribution in [2.24, 2.45) is 0 Å². The Morgan fingerprint density at radius 1 is 1.29 bits per heavy atom. The monoisotopic (exact) mass is 353 g/mol. The van der Waals surface area contributed by atoms with Gasteiger partial charge < -0.3 is 19.6 Å². The van der Waals surface area contributed by atoms with E-state index in [0.717, 1.165) is 5.56 Å². The zero-order chi connectivity index (χ0) is 15.2. The van der Waals surface area contributed by atoms with Gasteiger partial charge >= 0.3 is 12.1 Å². The number of carboxylic acid groups (broad SMARTS) is 1. The van der Waals surface area contributed by atoms with Gasteiger partial charge in [-0.1, -0.05) is 30.3 Å². The number of furan rings is 1. The van der Waals surface area contributed by atoms with Crippen LogP contribution < -0.4 is 5.32 Å². The van der Waals surface area contributed by atoms with Crippen molar-refractivity contribution in [1.29, 1.82) is 0 Å². The molecule has 7 heteroatoms. The first kappa shape index (κ1) is 15.1. The molecule has 2 N–H and O–H groups in total. The molecule has 0 aliphatic carbocycles. The van der Waals surface area contributed by atoms with Gasteiger partial charge in [-0.25, -0.2) is 9.59 Å². The molecular formula is C14H12BrNO5. The van der Waals surface area contributed by atoms with Gasteiger partial charge in [0.2, 0.25) is 0 Å². The molecule has 21 heavy (non-hydrogen) atoms. The molecule has 0 aliphatic heterocycles. The summed E-state index contributed by atoms with van der Waals surface area (Å²) in [6.07, 6.45) is -0.650. The number of carboxylic acids is 1. The zero-order valence-electron chi connectivity index (χ0n) is 10.8. The Labute approximate surface area is 128 Å². The zero-order valence-corrected chi connectivity index (χ0v) is 12.4. The van der Waals surface area contributed by atoms with E-state index in [1.54, 1.807) is 0 Å². The fraction of sp³-hybridized carbons (Fsp3) is 0.143. The molecule has 0 saturated carbocycles. The predicted molar refractivity (Wildman–Crippen MR) is 76.8 cm³/mol. The minimum absolute atomic E-state index is 0.00904. The van der Waals surface area contributed by atoms with E-state index >= 15 is 0 Å². The molecule has 0 aliphatic rings. The molecule has 0 radical (unpaired) electrons. The molecule has 0 fully saturated rings. The van der Waals surface area contributed by atoms with Crippen LogP contribution in [0.15, 0.2) is 45.5 Å². The van der Waals surface area contributed by atoms with Crippen molar-refractivity contribution in [1.82, 2.24) is 5.32 Å². The number of hydrogen-bond donors (Lipinski definition) is 2. The molecule has 1 amide bonds. The van der Waals surface area contributed by atoms with E-state index in [1.165, 1.54) is 6.07 Å². The van der Waals surface area contributed by atoms with Crippen LogP contribution in [0.1, 0.15) is 21.7 Å². The highest BCUT2D eigenvalue weighted by atomic mass is 79.9. The second-order valence-electron chi connectivity index (χ2n) is 4.11. The highest BCUT2D eigenvalue weighted by molar-refractivity contribution is 9.10. The van der Waals surface area contributed by atoms with Crippen LogP contribution in [0.3, 0.4) is 0 Å². The fourth-order valence-electron chi connectivity index (χ4n) is 1.64. The van der Waals surface area contributed by atoms with Crippen LogP contribution in [0.4, 0.5) is 4.79 Å². The van der Waals surface area contributed by atoms with Crippen LogP contribution in [0, 0.1) is 0 Å². The minimum Gasteiger partial charge on any atom is -0.478 e. The van der Waals surface area contributed by atoms with Crippen molar-refractivity contribution < 1.29 is 23.8 Å². The number of benzene rings is 1. The number of hydrogen-bond acceptors (Lipinski definition) is 4. The molecule has 2 aromatic rings. The maximum absolute atomic E-state index is 11.5. The van der Waals surface area contributed by atoms with Gasteiger partial charge in [0.1, 0.15) is 17.9 Å². The van der Waals surface area contributed by atoms with E-state index < -0.39 is 12.1 Å². The standard InChI is InChI=1S/C14H12BrNO5/c15-12-6-10(13(17)18)11(21-12)7-16-14(19)20-8-9-4-2-1-3-5-9/h1-6H,7-8H2,(H,16,19)(H,17,18). The smallest absolute Gasteiger partial charge is 0.407 e. The van der Waals surface area contributed by atoms with Crippen molar-refractivity contribution in [3.63, 3.8) is 0 Å². The molecule has 0 saturated heterocycles. The number of carbonyl (C=O) groups excluding carboxylic acids is 1. The Balaban J connectivity index is 1.85. The molecule has 1 heterocycles. The first-order valence-electron chi connectivity index (χ1n) is 6.02. The third-order valence-electron chi connectivity index (χ3n) is 2.62. The molecule has 0 spiro atoms. The van der Waals surface area contributed by atoms with Gasteiger partial charge in [0, 0.05) is 6.07 Å². The van der Waals surface area contributed by atoms with Crippen molar-refractivity contribution in [3.8, 4) is 0 Å². The van der Waals surface area contributed by atoms with Crippen molar-refractivity contribution in [3.05, 3.63) is 58.0 Å². The second-order valence-corrected chi connectivity index (χ2v) is 4.89. The highest BCUT2D eigenvalue weighted by Crippen LogP contribution is 2.20. The second kappa shape index (κ2) is 6.94. The Hall–Kier alpha value is -2.28. The largest absolute Gasteiger partial charge is 0.478 e. The number of ether oxygens (including phenoxy) is 1. The summed E-state index contributed by atoms with van der Waals surface area (Å²) in [5.74, 6) is -0.982. The van der Waals surface area contributed by atoms with E-state index in [-0.39, 0.29) is 29.1 Å². The molecule has 6 nitrogen and oxygen atoms in total. The molecule has 2 rings (SSSR count). The molecule has 0 unspecified atom stereocenters. The molecule has 110 valence electrons. The van der Waals surface area contributed by atoms with Gasteiger partial charge in [0.25, 0.3) is 0 Å². The van der Waals surface area contributed by atoms with Crippen molar-refractivity contribution >= 4 is 28.0 Å². The SMILES string of the molecule is O=C(NCc1oc(Br)cc1C(=O)O)OCc1ccccc1. The molecule has 0 atom stereocenters. The summed E-state index contributed by atoms with van der Waals surface area (Å²) < 4.78 is 10.4. The minimum atomic E-state index is -1.13. The maximum atomic E-state index is 11.5. The van der Waals surface area contributed by atoms with Gasteiger partial charge in [-0.3, -0.25) is 0 Å². The summed E-state index contributed by atoms with van der Waals surface area (Å²) in [5, 5.41) is 11.4. The van der Waals surface area contributed by atoms with Gasteiger partial charge in [0.05, 0.1) is 6.54 Å². The van der Waals surface area contributed by atoms with Crippen LogP contribution in [-0.2, 0) is 17.9 Å². The Morgan fingerprint density at radius 2 is 2.00 bits per heavy atom. The number of rotatable bonds is 5. The van der Waals surface area contributed by atoms with E-state index in [0.29, 0.717) is 0 Å². The number of carbonyl (C=O) groups is 2. The van der Waals surface area contributed by atoms with Gasteiger partial charge in [-0.05, 0) is 21.5 Å².